The maximum absolute atomic E-state index is 11.3. The molecule has 1 aliphatic rings. The fourth-order valence-corrected chi connectivity index (χ4v) is 1.67. The molecule has 2 rings (SSSR count). The van der Waals surface area contributed by atoms with E-state index in [1.165, 1.54) is 0 Å². The molecule has 0 N–H and O–H groups in total. The summed E-state index contributed by atoms with van der Waals surface area (Å²) in [7, 11) is 0. The van der Waals surface area contributed by atoms with E-state index in [0.717, 1.165) is 18.4 Å². The summed E-state index contributed by atoms with van der Waals surface area (Å²) < 4.78 is 4.99. The van der Waals surface area contributed by atoms with Crippen molar-refractivity contribution in [2.24, 2.45) is 5.92 Å². The average Bonchev–Trinajstić information content (AvgIpc) is 2.29. The molecular formula is C13H14O2. The highest BCUT2D eigenvalue weighted by atomic mass is 16.5. The fraction of sp³-hybridized carbons (Fsp3) is 0.308. The molecule has 2 nitrogen and oxygen atoms in total. The predicted octanol–water partition coefficient (Wildman–Crippen LogP) is 2.65. The second kappa shape index (κ2) is 4.78. The maximum Gasteiger partial charge on any atom is 0.312 e. The topological polar surface area (TPSA) is 26.3 Å². The number of hydrogen-bond acceptors (Lipinski definition) is 2. The van der Waals surface area contributed by atoms with E-state index in [9.17, 15) is 4.79 Å². The van der Waals surface area contributed by atoms with E-state index in [1.54, 1.807) is 0 Å². The lowest BCUT2D eigenvalue weighted by molar-refractivity contribution is -0.150. The van der Waals surface area contributed by atoms with Crippen molar-refractivity contribution in [3.05, 3.63) is 42.0 Å². The normalized spacial score (nSPS) is 21.6. The number of hydrogen-bond donors (Lipinski definition) is 0. The minimum atomic E-state index is -0.0894. The third kappa shape index (κ3) is 2.69. The Bertz CT molecular complexity index is 354. The first-order valence-corrected chi connectivity index (χ1v) is 5.26. The minimum absolute atomic E-state index is 0.0565. The second-order valence-corrected chi connectivity index (χ2v) is 3.69. The summed E-state index contributed by atoms with van der Waals surface area (Å²) in [5.41, 5.74) is 1.12. The van der Waals surface area contributed by atoms with Gasteiger partial charge in [-0.25, -0.2) is 0 Å². The van der Waals surface area contributed by atoms with Gasteiger partial charge in [0.05, 0.1) is 12.5 Å². The predicted molar refractivity (Wildman–Crippen MR) is 59.2 cm³/mol. The van der Waals surface area contributed by atoms with E-state index in [-0.39, 0.29) is 11.9 Å². The van der Waals surface area contributed by atoms with Gasteiger partial charge in [-0.05, 0) is 18.4 Å². The van der Waals surface area contributed by atoms with Crippen LogP contribution < -0.4 is 0 Å². The molecule has 0 amide bonds. The number of cyclic esters (lactones) is 1. The molecule has 1 aliphatic heterocycles. The molecule has 1 aromatic rings. The molecule has 78 valence electrons. The molecule has 15 heavy (non-hydrogen) atoms. The largest absolute Gasteiger partial charge is 0.465 e. The smallest absolute Gasteiger partial charge is 0.312 e. The number of esters is 1. The van der Waals surface area contributed by atoms with E-state index >= 15 is 0 Å². The first-order valence-electron chi connectivity index (χ1n) is 5.26. The lowest BCUT2D eigenvalue weighted by Crippen LogP contribution is -2.22. The molecule has 0 bridgehead atoms. The Kier molecular flexibility index (Phi) is 3.18. The van der Waals surface area contributed by atoms with Gasteiger partial charge in [-0.3, -0.25) is 4.79 Å². The third-order valence-electron chi connectivity index (χ3n) is 2.53. The zero-order chi connectivity index (χ0) is 10.5. The van der Waals surface area contributed by atoms with Gasteiger partial charge in [0.15, 0.2) is 0 Å². The highest BCUT2D eigenvalue weighted by molar-refractivity contribution is 5.76. The summed E-state index contributed by atoms with van der Waals surface area (Å²) >= 11 is 0. The molecular weight excluding hydrogens is 188 g/mol. The molecule has 2 heteroatoms. The Labute approximate surface area is 89.6 Å². The molecule has 1 heterocycles. The van der Waals surface area contributed by atoms with E-state index in [1.807, 2.05) is 42.5 Å². The number of benzene rings is 1. The van der Waals surface area contributed by atoms with Crippen LogP contribution >= 0.6 is 0 Å². The van der Waals surface area contributed by atoms with Crippen LogP contribution in [0.3, 0.4) is 0 Å². The van der Waals surface area contributed by atoms with Gasteiger partial charge in [0.2, 0.25) is 0 Å². The van der Waals surface area contributed by atoms with E-state index in [4.69, 9.17) is 4.74 Å². The molecule has 1 atom stereocenters. The van der Waals surface area contributed by atoms with Crippen LogP contribution in [0.25, 0.3) is 6.08 Å². The highest BCUT2D eigenvalue weighted by Gasteiger charge is 2.20. The molecule has 0 aromatic heterocycles. The Balaban J connectivity index is 2.01. The van der Waals surface area contributed by atoms with E-state index in [2.05, 4.69) is 0 Å². The molecule has 1 aromatic carbocycles. The average molecular weight is 202 g/mol. The minimum Gasteiger partial charge on any atom is -0.465 e. The van der Waals surface area contributed by atoms with Gasteiger partial charge in [-0.15, -0.1) is 0 Å². The van der Waals surface area contributed by atoms with Crippen LogP contribution in [0.1, 0.15) is 18.4 Å². The first-order chi connectivity index (χ1) is 7.36. The molecule has 1 saturated heterocycles. The Morgan fingerprint density at radius 3 is 2.80 bits per heavy atom. The third-order valence-corrected chi connectivity index (χ3v) is 2.53. The monoisotopic (exact) mass is 202 g/mol. The van der Waals surface area contributed by atoms with Gasteiger partial charge < -0.3 is 4.74 Å². The fourth-order valence-electron chi connectivity index (χ4n) is 1.67. The van der Waals surface area contributed by atoms with Crippen LogP contribution in [0.5, 0.6) is 0 Å². The van der Waals surface area contributed by atoms with Crippen molar-refractivity contribution in [1.82, 2.24) is 0 Å². The Morgan fingerprint density at radius 1 is 1.27 bits per heavy atom. The highest BCUT2D eigenvalue weighted by Crippen LogP contribution is 2.17. The zero-order valence-corrected chi connectivity index (χ0v) is 8.56. The van der Waals surface area contributed by atoms with E-state index < -0.39 is 0 Å². The Hall–Kier alpha value is -1.57. The van der Waals surface area contributed by atoms with Crippen molar-refractivity contribution in [2.75, 3.05) is 6.61 Å². The van der Waals surface area contributed by atoms with Crippen molar-refractivity contribution in [3.8, 4) is 0 Å². The second-order valence-electron chi connectivity index (χ2n) is 3.69. The van der Waals surface area contributed by atoms with Crippen LogP contribution in [-0.4, -0.2) is 12.6 Å². The molecule has 0 radical (unpaired) electrons. The van der Waals surface area contributed by atoms with Crippen LogP contribution in [-0.2, 0) is 9.53 Å². The van der Waals surface area contributed by atoms with Crippen molar-refractivity contribution < 1.29 is 9.53 Å². The quantitative estimate of drug-likeness (QED) is 0.689. The van der Waals surface area contributed by atoms with E-state index in [0.29, 0.717) is 6.61 Å². The number of rotatable bonds is 2. The zero-order valence-electron chi connectivity index (χ0n) is 8.56. The van der Waals surface area contributed by atoms with Gasteiger partial charge in [0, 0.05) is 0 Å². The van der Waals surface area contributed by atoms with Gasteiger partial charge in [-0.2, -0.15) is 0 Å². The van der Waals surface area contributed by atoms with Gasteiger partial charge in [-0.1, -0.05) is 42.5 Å². The number of carbonyl (C=O) groups is 1. The van der Waals surface area contributed by atoms with Gasteiger partial charge >= 0.3 is 5.97 Å². The standard InChI is InChI=1S/C13H14O2/c14-13-12(7-4-10-15-13)9-8-11-5-2-1-3-6-11/h1-3,5-6,8-9,12H,4,7,10H2. The lowest BCUT2D eigenvalue weighted by atomic mass is 10.00. The maximum atomic E-state index is 11.3. The SMILES string of the molecule is O=C1OCCCC1C=Cc1ccccc1. The van der Waals surface area contributed by atoms with Gasteiger partial charge in [0.25, 0.3) is 0 Å². The summed E-state index contributed by atoms with van der Waals surface area (Å²) in [5.74, 6) is -0.146. The number of carbonyl (C=O) groups excluding carboxylic acids is 1. The molecule has 0 aliphatic carbocycles. The van der Waals surface area contributed by atoms with Crippen LogP contribution in [0.15, 0.2) is 36.4 Å². The molecule has 0 saturated carbocycles. The molecule has 1 fully saturated rings. The first kappa shape index (κ1) is 9.97. The molecule has 1 unspecified atom stereocenters. The number of ether oxygens (including phenoxy) is 1. The van der Waals surface area contributed by atoms with Crippen molar-refractivity contribution in [3.63, 3.8) is 0 Å². The van der Waals surface area contributed by atoms with Crippen molar-refractivity contribution >= 4 is 12.0 Å². The summed E-state index contributed by atoms with van der Waals surface area (Å²) in [5, 5.41) is 0. The summed E-state index contributed by atoms with van der Waals surface area (Å²) in [6.45, 7) is 0.578. The summed E-state index contributed by atoms with van der Waals surface area (Å²) in [4.78, 5) is 11.3. The van der Waals surface area contributed by atoms with Crippen LogP contribution in [0.4, 0.5) is 0 Å². The summed E-state index contributed by atoms with van der Waals surface area (Å²) in [6.07, 6.45) is 5.80. The lowest BCUT2D eigenvalue weighted by Gasteiger charge is -2.17. The summed E-state index contributed by atoms with van der Waals surface area (Å²) in [6, 6.07) is 9.99. The van der Waals surface area contributed by atoms with Crippen molar-refractivity contribution in [1.29, 1.82) is 0 Å². The van der Waals surface area contributed by atoms with Crippen molar-refractivity contribution in [2.45, 2.75) is 12.8 Å². The Morgan fingerprint density at radius 2 is 2.07 bits per heavy atom. The van der Waals surface area contributed by atoms with Crippen LogP contribution in [0, 0.1) is 5.92 Å². The van der Waals surface area contributed by atoms with Crippen LogP contribution in [0.2, 0.25) is 0 Å². The van der Waals surface area contributed by atoms with Gasteiger partial charge in [0.1, 0.15) is 0 Å². The molecule has 0 spiro atoms.